The highest BCUT2D eigenvalue weighted by Gasteiger charge is 2.17. The first-order chi connectivity index (χ1) is 8.33. The highest BCUT2D eigenvalue weighted by Crippen LogP contribution is 2.18. The Bertz CT molecular complexity index is 493. The summed E-state index contributed by atoms with van der Waals surface area (Å²) in [5.74, 6) is -0.140. The minimum absolute atomic E-state index is 0.0702. The first-order valence-corrected chi connectivity index (χ1v) is 6.05. The number of anilines is 1. The van der Waals surface area contributed by atoms with Gasteiger partial charge in [-0.15, -0.1) is 11.3 Å². The Balaban J connectivity index is 2.30. The standard InChI is InChI=1S/C13H11NO2S/c15-9-8-14(11-5-2-1-3-6-11)13(16)12-7-4-10-17-12/h1-7,9-10H,8H2. The van der Waals surface area contributed by atoms with Crippen molar-refractivity contribution in [3.05, 3.63) is 52.7 Å². The zero-order chi connectivity index (χ0) is 12.1. The van der Waals surface area contributed by atoms with Gasteiger partial charge in [-0.25, -0.2) is 0 Å². The lowest BCUT2D eigenvalue weighted by Crippen LogP contribution is -2.31. The van der Waals surface area contributed by atoms with Crippen LogP contribution in [-0.4, -0.2) is 18.7 Å². The van der Waals surface area contributed by atoms with Crippen molar-refractivity contribution in [3.63, 3.8) is 0 Å². The molecule has 0 fully saturated rings. The van der Waals surface area contributed by atoms with Gasteiger partial charge in [-0.05, 0) is 23.6 Å². The van der Waals surface area contributed by atoms with E-state index in [0.717, 1.165) is 12.0 Å². The summed E-state index contributed by atoms with van der Waals surface area (Å²) in [5, 5.41) is 1.84. The van der Waals surface area contributed by atoms with E-state index < -0.39 is 0 Å². The third kappa shape index (κ3) is 2.60. The van der Waals surface area contributed by atoms with Gasteiger partial charge in [-0.3, -0.25) is 4.79 Å². The molecule has 2 aromatic rings. The zero-order valence-electron chi connectivity index (χ0n) is 9.08. The lowest BCUT2D eigenvalue weighted by molar-refractivity contribution is -0.106. The number of carbonyl (C=O) groups excluding carboxylic acids is 2. The van der Waals surface area contributed by atoms with Crippen LogP contribution >= 0.6 is 11.3 Å². The quantitative estimate of drug-likeness (QED) is 0.776. The fourth-order valence-electron chi connectivity index (χ4n) is 1.52. The molecule has 1 aromatic carbocycles. The van der Waals surface area contributed by atoms with Crippen LogP contribution in [0.1, 0.15) is 9.67 Å². The predicted molar refractivity (Wildman–Crippen MR) is 68.5 cm³/mol. The number of thiophene rings is 1. The number of amides is 1. The zero-order valence-corrected chi connectivity index (χ0v) is 9.89. The van der Waals surface area contributed by atoms with Gasteiger partial charge in [0.05, 0.1) is 11.4 Å². The third-order valence-corrected chi connectivity index (χ3v) is 3.16. The minimum Gasteiger partial charge on any atom is -0.301 e. The van der Waals surface area contributed by atoms with Crippen LogP contribution in [0.3, 0.4) is 0 Å². The first-order valence-electron chi connectivity index (χ1n) is 5.17. The second-order valence-electron chi connectivity index (χ2n) is 3.40. The number of carbonyl (C=O) groups is 2. The first kappa shape index (κ1) is 11.5. The van der Waals surface area contributed by atoms with Gasteiger partial charge in [0, 0.05) is 5.69 Å². The van der Waals surface area contributed by atoms with Gasteiger partial charge in [0.15, 0.2) is 0 Å². The van der Waals surface area contributed by atoms with Crippen LogP contribution < -0.4 is 4.90 Å². The predicted octanol–water partition coefficient (Wildman–Crippen LogP) is 2.59. The largest absolute Gasteiger partial charge is 0.301 e. The lowest BCUT2D eigenvalue weighted by atomic mass is 10.2. The van der Waals surface area contributed by atoms with Crippen LogP contribution in [-0.2, 0) is 4.79 Å². The van der Waals surface area contributed by atoms with E-state index in [1.54, 1.807) is 6.07 Å². The normalized spacial score (nSPS) is 9.88. The fourth-order valence-corrected chi connectivity index (χ4v) is 2.19. The number of benzene rings is 1. The van der Waals surface area contributed by atoms with Crippen molar-refractivity contribution in [2.45, 2.75) is 0 Å². The Morgan fingerprint density at radius 2 is 1.94 bits per heavy atom. The van der Waals surface area contributed by atoms with Crippen LogP contribution in [0.2, 0.25) is 0 Å². The summed E-state index contributed by atoms with van der Waals surface area (Å²) in [5.41, 5.74) is 0.734. The van der Waals surface area contributed by atoms with Gasteiger partial charge in [0.1, 0.15) is 6.29 Å². The van der Waals surface area contributed by atoms with E-state index in [0.29, 0.717) is 4.88 Å². The maximum absolute atomic E-state index is 12.2. The summed E-state index contributed by atoms with van der Waals surface area (Å²) in [6, 6.07) is 12.8. The highest BCUT2D eigenvalue weighted by molar-refractivity contribution is 7.12. The average molecular weight is 245 g/mol. The smallest absolute Gasteiger partial charge is 0.268 e. The summed E-state index contributed by atoms with van der Waals surface area (Å²) < 4.78 is 0. The van der Waals surface area contributed by atoms with Crippen molar-refractivity contribution in [2.24, 2.45) is 0 Å². The molecular weight excluding hydrogens is 234 g/mol. The van der Waals surface area contributed by atoms with E-state index >= 15 is 0 Å². The van der Waals surface area contributed by atoms with Gasteiger partial charge in [0.2, 0.25) is 0 Å². The summed E-state index contributed by atoms with van der Waals surface area (Å²) in [6.45, 7) is 0.0702. The van der Waals surface area contributed by atoms with Crippen LogP contribution in [0.4, 0.5) is 5.69 Å². The van der Waals surface area contributed by atoms with Crippen molar-refractivity contribution < 1.29 is 9.59 Å². The molecule has 0 spiro atoms. The number of para-hydroxylation sites is 1. The molecule has 1 aromatic heterocycles. The van der Waals surface area contributed by atoms with E-state index in [-0.39, 0.29) is 12.5 Å². The van der Waals surface area contributed by atoms with Crippen molar-refractivity contribution in [1.82, 2.24) is 0 Å². The minimum atomic E-state index is -0.140. The topological polar surface area (TPSA) is 37.4 Å². The molecule has 2 rings (SSSR count). The molecule has 0 radical (unpaired) electrons. The molecule has 0 aliphatic rings. The molecule has 86 valence electrons. The summed E-state index contributed by atoms with van der Waals surface area (Å²) in [7, 11) is 0. The second-order valence-corrected chi connectivity index (χ2v) is 4.34. The molecule has 0 atom stereocenters. The number of hydrogen-bond donors (Lipinski definition) is 0. The van der Waals surface area contributed by atoms with E-state index in [4.69, 9.17) is 0 Å². The molecule has 0 aliphatic carbocycles. The van der Waals surface area contributed by atoms with Gasteiger partial charge in [-0.2, -0.15) is 0 Å². The molecule has 3 nitrogen and oxygen atoms in total. The van der Waals surface area contributed by atoms with E-state index in [1.165, 1.54) is 16.2 Å². The summed E-state index contributed by atoms with van der Waals surface area (Å²) in [6.07, 6.45) is 0.735. The highest BCUT2D eigenvalue weighted by atomic mass is 32.1. The van der Waals surface area contributed by atoms with Gasteiger partial charge in [0.25, 0.3) is 5.91 Å². The van der Waals surface area contributed by atoms with E-state index in [1.807, 2.05) is 41.8 Å². The number of rotatable bonds is 4. The van der Waals surface area contributed by atoms with Crippen molar-refractivity contribution in [3.8, 4) is 0 Å². The Morgan fingerprint density at radius 3 is 2.53 bits per heavy atom. The summed E-state index contributed by atoms with van der Waals surface area (Å²) in [4.78, 5) is 25.0. The molecule has 0 N–H and O–H groups in total. The van der Waals surface area contributed by atoms with Gasteiger partial charge < -0.3 is 9.69 Å². The second kappa shape index (κ2) is 5.41. The van der Waals surface area contributed by atoms with Crippen LogP contribution in [0.15, 0.2) is 47.8 Å². The third-order valence-electron chi connectivity index (χ3n) is 2.30. The number of aldehydes is 1. The molecule has 1 heterocycles. The molecule has 17 heavy (non-hydrogen) atoms. The Morgan fingerprint density at radius 1 is 1.18 bits per heavy atom. The van der Waals surface area contributed by atoms with Crippen molar-refractivity contribution >= 4 is 29.2 Å². The van der Waals surface area contributed by atoms with E-state index in [2.05, 4.69) is 0 Å². The fraction of sp³-hybridized carbons (Fsp3) is 0.0769. The van der Waals surface area contributed by atoms with Crippen LogP contribution in [0, 0.1) is 0 Å². The molecule has 0 bridgehead atoms. The lowest BCUT2D eigenvalue weighted by Gasteiger charge is -2.19. The van der Waals surface area contributed by atoms with Crippen LogP contribution in [0.25, 0.3) is 0 Å². The van der Waals surface area contributed by atoms with Crippen molar-refractivity contribution in [1.29, 1.82) is 0 Å². The molecule has 4 heteroatoms. The molecule has 0 aliphatic heterocycles. The van der Waals surface area contributed by atoms with Crippen LogP contribution in [0.5, 0.6) is 0 Å². The molecular formula is C13H11NO2S. The monoisotopic (exact) mass is 245 g/mol. The molecule has 0 saturated heterocycles. The molecule has 0 unspecified atom stereocenters. The molecule has 0 saturated carbocycles. The maximum Gasteiger partial charge on any atom is 0.268 e. The SMILES string of the molecule is O=CCN(C(=O)c1cccs1)c1ccccc1. The van der Waals surface area contributed by atoms with E-state index in [9.17, 15) is 9.59 Å². The average Bonchev–Trinajstić information content (AvgIpc) is 2.90. The molecule has 1 amide bonds. The van der Waals surface area contributed by atoms with Crippen molar-refractivity contribution in [2.75, 3.05) is 11.4 Å². The Kier molecular flexibility index (Phi) is 3.67. The number of hydrogen-bond acceptors (Lipinski definition) is 3. The summed E-state index contributed by atoms with van der Waals surface area (Å²) >= 11 is 1.37. The van der Waals surface area contributed by atoms with Gasteiger partial charge in [-0.1, -0.05) is 24.3 Å². The Hall–Kier alpha value is -1.94. The van der Waals surface area contributed by atoms with Gasteiger partial charge >= 0.3 is 0 Å². The Labute approximate surface area is 103 Å². The maximum atomic E-state index is 12.2. The number of nitrogens with zero attached hydrogens (tertiary/aromatic N) is 1.